The van der Waals surface area contributed by atoms with Crippen molar-refractivity contribution in [3.05, 3.63) is 93.3 Å². The predicted molar refractivity (Wildman–Crippen MR) is 148 cm³/mol. The summed E-state index contributed by atoms with van der Waals surface area (Å²) in [4.78, 5) is 29.5. The summed E-state index contributed by atoms with van der Waals surface area (Å²) in [5, 5.41) is 14.4. The third-order valence-electron chi connectivity index (χ3n) is 5.50. The molecule has 0 saturated heterocycles. The Morgan fingerprint density at radius 1 is 1.00 bits per heavy atom. The van der Waals surface area contributed by atoms with E-state index in [0.717, 1.165) is 11.1 Å². The maximum atomic E-state index is 12.7. The van der Waals surface area contributed by atoms with E-state index in [1.54, 1.807) is 42.5 Å². The van der Waals surface area contributed by atoms with E-state index < -0.39 is 18.2 Å². The maximum absolute atomic E-state index is 12.7. The third-order valence-corrected chi connectivity index (χ3v) is 7.10. The van der Waals surface area contributed by atoms with Gasteiger partial charge in [0.15, 0.2) is 5.13 Å². The van der Waals surface area contributed by atoms with Crippen LogP contribution in [0, 0.1) is 0 Å². The van der Waals surface area contributed by atoms with Gasteiger partial charge in [0.2, 0.25) is 0 Å². The van der Waals surface area contributed by atoms with Crippen molar-refractivity contribution in [3.8, 4) is 17.0 Å². The normalized spacial score (nSPS) is 11.2. The van der Waals surface area contributed by atoms with Crippen LogP contribution < -0.4 is 15.0 Å². The van der Waals surface area contributed by atoms with Gasteiger partial charge in [0.25, 0.3) is 5.91 Å². The van der Waals surface area contributed by atoms with Gasteiger partial charge >= 0.3 is 12.3 Å². The van der Waals surface area contributed by atoms with Gasteiger partial charge in [0.05, 0.1) is 28.7 Å². The SMILES string of the molecule is O=C(O)CCNC(=O)c1ccc(CN(c2ccc(OC(F)(F)F)cc2)c2nc(-c3ccc(Cl)c(Cl)c3)cs2)cc1. The zero-order valence-electron chi connectivity index (χ0n) is 20.4. The molecule has 13 heteroatoms. The van der Waals surface area contributed by atoms with Crippen molar-refractivity contribution in [2.75, 3.05) is 11.4 Å². The summed E-state index contributed by atoms with van der Waals surface area (Å²) in [6, 6.07) is 17.2. The fourth-order valence-electron chi connectivity index (χ4n) is 3.60. The Morgan fingerprint density at radius 3 is 2.33 bits per heavy atom. The van der Waals surface area contributed by atoms with E-state index in [2.05, 4.69) is 10.1 Å². The number of aliphatic carboxylic acids is 1. The fourth-order valence-corrected chi connectivity index (χ4v) is 4.75. The van der Waals surface area contributed by atoms with Gasteiger partial charge in [-0.1, -0.05) is 41.4 Å². The van der Waals surface area contributed by atoms with Gasteiger partial charge in [-0.15, -0.1) is 24.5 Å². The number of benzene rings is 3. The van der Waals surface area contributed by atoms with Crippen LogP contribution >= 0.6 is 34.5 Å². The molecule has 1 aromatic heterocycles. The smallest absolute Gasteiger partial charge is 0.481 e. The van der Waals surface area contributed by atoms with Crippen LogP contribution in [-0.2, 0) is 11.3 Å². The van der Waals surface area contributed by atoms with E-state index in [4.69, 9.17) is 33.3 Å². The molecule has 1 amide bonds. The monoisotopic (exact) mass is 609 g/mol. The minimum atomic E-state index is -4.81. The molecule has 0 unspecified atom stereocenters. The first-order valence-corrected chi connectivity index (χ1v) is 13.3. The van der Waals surface area contributed by atoms with Crippen LogP contribution in [-0.4, -0.2) is 34.9 Å². The maximum Gasteiger partial charge on any atom is 0.573 e. The van der Waals surface area contributed by atoms with Gasteiger partial charge in [-0.05, 0) is 54.1 Å². The number of alkyl halides is 3. The number of amides is 1. The lowest BCUT2D eigenvalue weighted by molar-refractivity contribution is -0.274. The van der Waals surface area contributed by atoms with Crippen molar-refractivity contribution >= 4 is 57.2 Å². The summed E-state index contributed by atoms with van der Waals surface area (Å²) in [6.45, 7) is 0.275. The van der Waals surface area contributed by atoms with Crippen molar-refractivity contribution < 1.29 is 32.6 Å². The number of hydrogen-bond donors (Lipinski definition) is 2. The molecule has 0 bridgehead atoms. The Morgan fingerprint density at radius 2 is 1.70 bits per heavy atom. The molecule has 1 heterocycles. The van der Waals surface area contributed by atoms with Crippen LogP contribution in [0.4, 0.5) is 24.0 Å². The highest BCUT2D eigenvalue weighted by molar-refractivity contribution is 7.14. The first kappa shape index (κ1) is 29.2. The fraction of sp³-hybridized carbons (Fsp3) is 0.148. The highest BCUT2D eigenvalue weighted by Gasteiger charge is 2.31. The quantitative estimate of drug-likeness (QED) is 0.193. The second kappa shape index (κ2) is 12.6. The average molecular weight is 610 g/mol. The van der Waals surface area contributed by atoms with E-state index in [0.29, 0.717) is 32.1 Å². The van der Waals surface area contributed by atoms with Crippen LogP contribution in [0.2, 0.25) is 10.0 Å². The van der Waals surface area contributed by atoms with E-state index in [1.807, 2.05) is 10.3 Å². The Hall–Kier alpha value is -3.80. The van der Waals surface area contributed by atoms with E-state index in [9.17, 15) is 22.8 Å². The number of carbonyl (C=O) groups is 2. The number of hydrogen-bond acceptors (Lipinski definition) is 6. The number of nitrogens with one attached hydrogen (secondary N) is 1. The molecule has 4 aromatic rings. The number of thiazole rings is 1. The number of ether oxygens (including phenoxy) is 1. The van der Waals surface area contributed by atoms with Crippen molar-refractivity contribution in [3.63, 3.8) is 0 Å². The van der Waals surface area contributed by atoms with Crippen molar-refractivity contribution in [1.82, 2.24) is 10.3 Å². The van der Waals surface area contributed by atoms with Gasteiger partial charge in [-0.2, -0.15) is 0 Å². The first-order valence-electron chi connectivity index (χ1n) is 11.6. The number of carbonyl (C=O) groups excluding carboxylic acids is 1. The molecular weight excluding hydrogens is 590 g/mol. The van der Waals surface area contributed by atoms with Gasteiger partial charge in [0, 0.05) is 28.7 Å². The Bertz CT molecular complexity index is 1500. The molecule has 3 aromatic carbocycles. The summed E-state index contributed by atoms with van der Waals surface area (Å²) in [7, 11) is 0. The van der Waals surface area contributed by atoms with Gasteiger partial charge in [0.1, 0.15) is 5.75 Å². The Kier molecular flexibility index (Phi) is 9.18. The summed E-state index contributed by atoms with van der Waals surface area (Å²) >= 11 is 13.5. The van der Waals surface area contributed by atoms with E-state index in [1.165, 1.54) is 35.6 Å². The summed E-state index contributed by atoms with van der Waals surface area (Å²) < 4.78 is 41.9. The molecule has 0 radical (unpaired) electrons. The standard InChI is InChI=1S/C27H20Cl2F3N3O4S/c28-21-10-5-18(13-22(21)29)23-15-40-26(34-23)35(19-6-8-20(9-7-19)39-27(30,31)32)14-16-1-3-17(4-2-16)25(38)33-12-11-24(36)37/h1-10,13,15H,11-12,14H2,(H,33,38)(H,36,37). The predicted octanol–water partition coefficient (Wildman–Crippen LogP) is 7.56. The molecule has 0 fully saturated rings. The number of nitrogens with zero attached hydrogens (tertiary/aromatic N) is 2. The van der Waals surface area contributed by atoms with E-state index in [-0.39, 0.29) is 25.3 Å². The van der Waals surface area contributed by atoms with Gasteiger partial charge < -0.3 is 20.1 Å². The molecule has 0 atom stereocenters. The molecule has 40 heavy (non-hydrogen) atoms. The minimum Gasteiger partial charge on any atom is -0.481 e. The second-order valence-electron chi connectivity index (χ2n) is 8.37. The molecule has 0 aliphatic rings. The largest absolute Gasteiger partial charge is 0.573 e. The van der Waals surface area contributed by atoms with Crippen molar-refractivity contribution in [2.24, 2.45) is 0 Å². The van der Waals surface area contributed by atoms with Gasteiger partial charge in [-0.25, -0.2) is 4.98 Å². The molecule has 4 rings (SSSR count). The second-order valence-corrected chi connectivity index (χ2v) is 10.0. The molecular formula is C27H20Cl2F3N3O4S. The molecule has 0 aliphatic carbocycles. The summed E-state index contributed by atoms with van der Waals surface area (Å²) in [5.41, 5.74) is 3.06. The van der Waals surface area contributed by atoms with Gasteiger partial charge in [-0.3, -0.25) is 9.59 Å². The number of carboxylic acids is 1. The van der Waals surface area contributed by atoms with Crippen LogP contribution in [0.1, 0.15) is 22.3 Å². The molecule has 0 saturated carbocycles. The number of rotatable bonds is 10. The van der Waals surface area contributed by atoms with Crippen LogP contribution in [0.3, 0.4) is 0 Å². The highest BCUT2D eigenvalue weighted by Crippen LogP contribution is 2.36. The number of halogens is 5. The zero-order chi connectivity index (χ0) is 28.9. The summed E-state index contributed by atoms with van der Waals surface area (Å²) in [5.74, 6) is -1.78. The lowest BCUT2D eigenvalue weighted by Gasteiger charge is -2.23. The lowest BCUT2D eigenvalue weighted by Crippen LogP contribution is -2.26. The van der Waals surface area contributed by atoms with Crippen molar-refractivity contribution in [1.29, 1.82) is 0 Å². The van der Waals surface area contributed by atoms with Crippen LogP contribution in [0.15, 0.2) is 72.1 Å². The zero-order valence-corrected chi connectivity index (χ0v) is 22.7. The molecule has 0 spiro atoms. The molecule has 7 nitrogen and oxygen atoms in total. The third kappa shape index (κ3) is 7.87. The summed E-state index contributed by atoms with van der Waals surface area (Å²) in [6.07, 6.45) is -5.00. The average Bonchev–Trinajstić information content (AvgIpc) is 3.39. The number of anilines is 2. The van der Waals surface area contributed by atoms with Crippen molar-refractivity contribution in [2.45, 2.75) is 19.3 Å². The Balaban J connectivity index is 1.60. The Labute approximate surface area is 240 Å². The number of aromatic nitrogens is 1. The van der Waals surface area contributed by atoms with E-state index >= 15 is 0 Å². The molecule has 208 valence electrons. The lowest BCUT2D eigenvalue weighted by atomic mass is 10.1. The topological polar surface area (TPSA) is 91.8 Å². The molecule has 0 aliphatic heterocycles. The highest BCUT2D eigenvalue weighted by atomic mass is 35.5. The molecule has 2 N–H and O–H groups in total. The van der Waals surface area contributed by atoms with Crippen LogP contribution in [0.5, 0.6) is 5.75 Å². The minimum absolute atomic E-state index is 0.00293. The van der Waals surface area contributed by atoms with Crippen LogP contribution in [0.25, 0.3) is 11.3 Å². The number of carboxylic acid groups (broad SMARTS) is 1. The first-order chi connectivity index (χ1) is 19.0.